The molecule has 2 aromatic heterocycles. The van der Waals surface area contributed by atoms with Crippen molar-refractivity contribution in [2.24, 2.45) is 0 Å². The third-order valence-electron chi connectivity index (χ3n) is 4.65. The lowest BCUT2D eigenvalue weighted by Gasteiger charge is -2.35. The molecule has 3 aromatic rings. The van der Waals surface area contributed by atoms with Gasteiger partial charge in [0.05, 0.1) is 0 Å². The predicted molar refractivity (Wildman–Crippen MR) is 99.7 cm³/mol. The maximum Gasteiger partial charge on any atom is 0.254 e. The molecule has 1 aliphatic heterocycles. The van der Waals surface area contributed by atoms with Crippen LogP contribution in [0.3, 0.4) is 0 Å². The first kappa shape index (κ1) is 16.3. The van der Waals surface area contributed by atoms with E-state index in [9.17, 15) is 4.79 Å². The van der Waals surface area contributed by atoms with Gasteiger partial charge < -0.3 is 14.7 Å². The van der Waals surface area contributed by atoms with Crippen LogP contribution in [-0.4, -0.2) is 70.9 Å². The summed E-state index contributed by atoms with van der Waals surface area (Å²) in [4.78, 5) is 18.9. The van der Waals surface area contributed by atoms with Gasteiger partial charge in [-0.05, 0) is 30.3 Å². The van der Waals surface area contributed by atoms with Crippen molar-refractivity contribution >= 4 is 23.1 Å². The summed E-state index contributed by atoms with van der Waals surface area (Å²) < 4.78 is 1.67. The van der Waals surface area contributed by atoms with Gasteiger partial charge in [0.15, 0.2) is 5.65 Å². The Kier molecular flexibility index (Phi) is 4.16. The second-order valence-corrected chi connectivity index (χ2v) is 6.55. The van der Waals surface area contributed by atoms with E-state index in [1.54, 1.807) is 10.8 Å². The van der Waals surface area contributed by atoms with E-state index in [0.29, 0.717) is 13.1 Å². The summed E-state index contributed by atoms with van der Waals surface area (Å²) in [5, 5.41) is 12.3. The molecule has 1 fully saturated rings. The van der Waals surface area contributed by atoms with E-state index in [0.717, 1.165) is 35.8 Å². The van der Waals surface area contributed by atoms with Crippen molar-refractivity contribution in [3.63, 3.8) is 0 Å². The zero-order chi connectivity index (χ0) is 18.1. The van der Waals surface area contributed by atoms with Crippen molar-refractivity contribution in [2.75, 3.05) is 50.1 Å². The first-order valence-electron chi connectivity index (χ1n) is 8.60. The summed E-state index contributed by atoms with van der Waals surface area (Å²) in [7, 11) is 3.95. The second-order valence-electron chi connectivity index (χ2n) is 6.55. The van der Waals surface area contributed by atoms with Crippen LogP contribution in [0.1, 0.15) is 10.4 Å². The van der Waals surface area contributed by atoms with Gasteiger partial charge >= 0.3 is 0 Å². The van der Waals surface area contributed by atoms with Gasteiger partial charge in [0, 0.05) is 51.5 Å². The van der Waals surface area contributed by atoms with Crippen LogP contribution in [0.5, 0.6) is 0 Å². The Morgan fingerprint density at radius 1 is 1.08 bits per heavy atom. The summed E-state index contributed by atoms with van der Waals surface area (Å²) in [5.74, 6) is 0.953. The number of aromatic nitrogens is 4. The van der Waals surface area contributed by atoms with Crippen LogP contribution in [0.4, 0.5) is 11.5 Å². The van der Waals surface area contributed by atoms with E-state index in [2.05, 4.69) is 20.2 Å². The lowest BCUT2D eigenvalue weighted by molar-refractivity contribution is 0.0746. The van der Waals surface area contributed by atoms with E-state index in [1.165, 1.54) is 0 Å². The van der Waals surface area contributed by atoms with Gasteiger partial charge in [-0.25, -0.2) is 0 Å². The van der Waals surface area contributed by atoms with Crippen molar-refractivity contribution in [2.45, 2.75) is 0 Å². The first-order chi connectivity index (χ1) is 12.6. The van der Waals surface area contributed by atoms with E-state index in [-0.39, 0.29) is 5.91 Å². The van der Waals surface area contributed by atoms with Gasteiger partial charge in [0.25, 0.3) is 5.91 Å². The SMILES string of the molecule is CN(C)c1cccc(C(=O)N2CCN(c3ccc4nncn4n3)CC2)c1. The number of benzene rings is 1. The molecule has 1 aromatic carbocycles. The molecule has 8 heteroatoms. The van der Waals surface area contributed by atoms with Crippen LogP contribution in [0, 0.1) is 0 Å². The minimum Gasteiger partial charge on any atom is -0.378 e. The zero-order valence-corrected chi connectivity index (χ0v) is 14.9. The Morgan fingerprint density at radius 3 is 2.65 bits per heavy atom. The smallest absolute Gasteiger partial charge is 0.254 e. The molecule has 1 saturated heterocycles. The normalized spacial score (nSPS) is 14.7. The Labute approximate surface area is 151 Å². The fourth-order valence-corrected chi connectivity index (χ4v) is 3.13. The number of hydrogen-bond donors (Lipinski definition) is 0. The molecule has 0 unspecified atom stereocenters. The summed E-state index contributed by atoms with van der Waals surface area (Å²) in [6.07, 6.45) is 1.59. The Balaban J connectivity index is 1.44. The van der Waals surface area contributed by atoms with E-state index in [1.807, 2.05) is 60.3 Å². The van der Waals surface area contributed by atoms with E-state index < -0.39 is 0 Å². The third-order valence-corrected chi connectivity index (χ3v) is 4.65. The van der Waals surface area contributed by atoms with Gasteiger partial charge in [-0.1, -0.05) is 6.07 Å². The van der Waals surface area contributed by atoms with Crippen LogP contribution in [0.2, 0.25) is 0 Å². The zero-order valence-electron chi connectivity index (χ0n) is 14.9. The van der Waals surface area contributed by atoms with Crippen molar-refractivity contribution in [3.8, 4) is 0 Å². The third kappa shape index (κ3) is 3.05. The minimum absolute atomic E-state index is 0.0792. The Morgan fingerprint density at radius 2 is 1.88 bits per heavy atom. The van der Waals surface area contributed by atoms with Crippen LogP contribution in [-0.2, 0) is 0 Å². The summed E-state index contributed by atoms with van der Waals surface area (Å²) in [6.45, 7) is 2.85. The number of rotatable bonds is 3. The predicted octanol–water partition coefficient (Wildman–Crippen LogP) is 1.15. The van der Waals surface area contributed by atoms with Gasteiger partial charge in [-0.2, -0.15) is 4.52 Å². The number of carbonyl (C=O) groups is 1. The molecule has 0 N–H and O–H groups in total. The summed E-state index contributed by atoms with van der Waals surface area (Å²) in [5.41, 5.74) is 2.48. The number of fused-ring (bicyclic) bond motifs is 1. The molecule has 8 nitrogen and oxygen atoms in total. The maximum atomic E-state index is 12.8. The van der Waals surface area contributed by atoms with Crippen LogP contribution < -0.4 is 9.80 Å². The van der Waals surface area contributed by atoms with Crippen LogP contribution in [0.15, 0.2) is 42.7 Å². The first-order valence-corrected chi connectivity index (χ1v) is 8.60. The average molecular weight is 351 g/mol. The molecule has 0 aliphatic carbocycles. The fraction of sp³-hybridized carbons (Fsp3) is 0.333. The molecule has 0 radical (unpaired) electrons. The number of anilines is 2. The molecule has 1 aliphatic rings. The van der Waals surface area contributed by atoms with Crippen LogP contribution in [0.25, 0.3) is 5.65 Å². The lowest BCUT2D eigenvalue weighted by atomic mass is 10.1. The quantitative estimate of drug-likeness (QED) is 0.705. The highest BCUT2D eigenvalue weighted by atomic mass is 16.2. The summed E-state index contributed by atoms with van der Waals surface area (Å²) >= 11 is 0. The lowest BCUT2D eigenvalue weighted by Crippen LogP contribution is -2.49. The van der Waals surface area contributed by atoms with Gasteiger partial charge in [0.2, 0.25) is 0 Å². The topological polar surface area (TPSA) is 69.9 Å². The number of nitrogens with zero attached hydrogens (tertiary/aromatic N) is 7. The Hall–Kier alpha value is -3.16. The monoisotopic (exact) mass is 351 g/mol. The second kappa shape index (κ2) is 6.62. The highest BCUT2D eigenvalue weighted by Crippen LogP contribution is 2.18. The van der Waals surface area contributed by atoms with Crippen molar-refractivity contribution in [3.05, 3.63) is 48.3 Å². The van der Waals surface area contributed by atoms with E-state index in [4.69, 9.17) is 0 Å². The van der Waals surface area contributed by atoms with Crippen molar-refractivity contribution < 1.29 is 4.79 Å². The highest BCUT2D eigenvalue weighted by molar-refractivity contribution is 5.95. The molecule has 4 rings (SSSR count). The molecule has 0 saturated carbocycles. The molecular formula is C18H21N7O. The van der Waals surface area contributed by atoms with Crippen molar-refractivity contribution in [1.29, 1.82) is 0 Å². The molecule has 26 heavy (non-hydrogen) atoms. The van der Waals surface area contributed by atoms with E-state index >= 15 is 0 Å². The van der Waals surface area contributed by atoms with Crippen molar-refractivity contribution in [1.82, 2.24) is 24.7 Å². The summed E-state index contributed by atoms with van der Waals surface area (Å²) in [6, 6.07) is 11.6. The largest absolute Gasteiger partial charge is 0.378 e. The fourth-order valence-electron chi connectivity index (χ4n) is 3.13. The number of hydrogen-bond acceptors (Lipinski definition) is 6. The molecule has 1 amide bonds. The average Bonchev–Trinajstić information content (AvgIpc) is 3.15. The Bertz CT molecular complexity index is 928. The molecule has 0 spiro atoms. The van der Waals surface area contributed by atoms with Gasteiger partial charge in [-0.3, -0.25) is 4.79 Å². The number of amides is 1. The van der Waals surface area contributed by atoms with Crippen LogP contribution >= 0.6 is 0 Å². The molecule has 3 heterocycles. The standard InChI is InChI=1S/C18H21N7O/c1-22(2)15-5-3-4-14(12-15)18(26)24-10-8-23(9-11-24)17-7-6-16-20-19-13-25(16)21-17/h3-7,12-13H,8-11H2,1-2H3. The number of carbonyl (C=O) groups excluding carboxylic acids is 1. The van der Waals surface area contributed by atoms with Gasteiger partial charge in [-0.15, -0.1) is 15.3 Å². The minimum atomic E-state index is 0.0792. The molecule has 0 atom stereocenters. The van der Waals surface area contributed by atoms with Gasteiger partial charge in [0.1, 0.15) is 12.1 Å². The number of piperazine rings is 1. The highest BCUT2D eigenvalue weighted by Gasteiger charge is 2.23. The molecular weight excluding hydrogens is 330 g/mol. The molecule has 0 bridgehead atoms. The maximum absolute atomic E-state index is 12.8. The molecule has 134 valence electrons.